The fraction of sp³-hybridized carbons (Fsp3) is 0.389. The van der Waals surface area contributed by atoms with Crippen LogP contribution in [0, 0.1) is 13.8 Å². The number of fused-ring (bicyclic) bond motifs is 1. The normalized spacial score (nSPS) is 12.8. The molecule has 2 aromatic heterocycles. The molecule has 1 atom stereocenters. The third kappa shape index (κ3) is 3.63. The first-order valence-corrected chi connectivity index (χ1v) is 8.84. The number of aromatic nitrogens is 2. The van der Waals surface area contributed by atoms with E-state index >= 15 is 0 Å². The molecular weight excluding hydrogens is 306 g/mol. The lowest BCUT2D eigenvalue weighted by atomic mass is 10.0. The van der Waals surface area contributed by atoms with Crippen LogP contribution in [0.5, 0.6) is 0 Å². The van der Waals surface area contributed by atoms with Crippen molar-refractivity contribution in [2.75, 3.05) is 6.61 Å². The number of aliphatic hydroxyl groups excluding tert-OH is 1. The molecule has 0 bridgehead atoms. The molecule has 5 heteroatoms. The molecule has 3 aromatic rings. The van der Waals surface area contributed by atoms with E-state index in [1.54, 1.807) is 11.3 Å². The van der Waals surface area contributed by atoms with Gasteiger partial charge in [-0.2, -0.15) is 0 Å². The molecule has 0 spiro atoms. The Morgan fingerprint density at radius 3 is 2.78 bits per heavy atom. The summed E-state index contributed by atoms with van der Waals surface area (Å²) >= 11 is 1.72. The quantitative estimate of drug-likeness (QED) is 0.696. The summed E-state index contributed by atoms with van der Waals surface area (Å²) in [6, 6.07) is 10.7. The summed E-state index contributed by atoms with van der Waals surface area (Å²) in [6.45, 7) is 5.18. The maximum atomic E-state index is 9.16. The topological polar surface area (TPSA) is 49.6 Å². The zero-order valence-corrected chi connectivity index (χ0v) is 14.4. The van der Waals surface area contributed by atoms with Gasteiger partial charge in [-0.15, -0.1) is 11.3 Å². The highest BCUT2D eigenvalue weighted by atomic mass is 32.1. The number of hydrogen-bond acceptors (Lipinski definition) is 4. The van der Waals surface area contributed by atoms with E-state index in [1.165, 1.54) is 16.1 Å². The van der Waals surface area contributed by atoms with Crippen molar-refractivity contribution in [3.63, 3.8) is 0 Å². The molecule has 3 rings (SSSR count). The fourth-order valence-electron chi connectivity index (χ4n) is 2.91. The second-order valence-electron chi connectivity index (χ2n) is 5.85. The van der Waals surface area contributed by atoms with Crippen LogP contribution < -0.4 is 5.32 Å². The van der Waals surface area contributed by atoms with Gasteiger partial charge in [0.05, 0.1) is 11.4 Å². The molecule has 0 amide bonds. The first-order valence-electron chi connectivity index (χ1n) is 8.02. The minimum absolute atomic E-state index is 0.227. The zero-order valence-electron chi connectivity index (χ0n) is 13.6. The summed E-state index contributed by atoms with van der Waals surface area (Å²) < 4.78 is 2.19. The number of thiazole rings is 1. The molecule has 1 unspecified atom stereocenters. The van der Waals surface area contributed by atoms with Gasteiger partial charge >= 0.3 is 0 Å². The van der Waals surface area contributed by atoms with E-state index in [1.807, 2.05) is 6.07 Å². The van der Waals surface area contributed by atoms with Crippen LogP contribution in [-0.4, -0.2) is 21.1 Å². The fourth-order valence-corrected chi connectivity index (χ4v) is 3.80. The van der Waals surface area contributed by atoms with Crippen LogP contribution in [0.3, 0.4) is 0 Å². The number of aryl methyl sites for hydroxylation is 2. The zero-order chi connectivity index (χ0) is 16.2. The summed E-state index contributed by atoms with van der Waals surface area (Å²) in [5, 5.41) is 12.8. The van der Waals surface area contributed by atoms with Crippen molar-refractivity contribution < 1.29 is 5.11 Å². The van der Waals surface area contributed by atoms with Gasteiger partial charge in [0, 0.05) is 30.3 Å². The van der Waals surface area contributed by atoms with Gasteiger partial charge in [-0.3, -0.25) is 4.40 Å². The van der Waals surface area contributed by atoms with Crippen LogP contribution >= 0.6 is 11.3 Å². The highest BCUT2D eigenvalue weighted by Crippen LogP contribution is 2.23. The number of aliphatic hydroxyl groups is 1. The molecule has 4 nitrogen and oxygen atoms in total. The van der Waals surface area contributed by atoms with Crippen molar-refractivity contribution in [3.05, 3.63) is 58.4 Å². The number of hydrogen-bond donors (Lipinski definition) is 2. The summed E-state index contributed by atoms with van der Waals surface area (Å²) in [4.78, 5) is 6.98. The van der Waals surface area contributed by atoms with Gasteiger partial charge in [0.1, 0.15) is 0 Å². The Hall–Kier alpha value is -1.69. The van der Waals surface area contributed by atoms with Crippen molar-refractivity contribution in [2.24, 2.45) is 0 Å². The highest BCUT2D eigenvalue weighted by Gasteiger charge is 2.15. The van der Waals surface area contributed by atoms with E-state index < -0.39 is 0 Å². The molecule has 2 heterocycles. The second-order valence-corrected chi connectivity index (χ2v) is 7.06. The number of nitrogens with zero attached hydrogens (tertiary/aromatic N) is 2. The second kappa shape index (κ2) is 7.25. The van der Waals surface area contributed by atoms with E-state index in [0.717, 1.165) is 30.0 Å². The molecule has 122 valence electrons. The smallest absolute Gasteiger partial charge is 0.194 e. The average molecular weight is 329 g/mol. The van der Waals surface area contributed by atoms with Gasteiger partial charge < -0.3 is 10.4 Å². The number of nitrogens with one attached hydrogen (secondary N) is 1. The van der Waals surface area contributed by atoms with E-state index in [0.29, 0.717) is 0 Å². The van der Waals surface area contributed by atoms with Gasteiger partial charge in [0.25, 0.3) is 0 Å². The Balaban J connectivity index is 1.78. The third-order valence-electron chi connectivity index (χ3n) is 4.11. The predicted octanol–water partition coefficient (Wildman–Crippen LogP) is 3.62. The first kappa shape index (κ1) is 16.2. The lowest BCUT2D eigenvalue weighted by molar-refractivity contribution is 0.274. The van der Waals surface area contributed by atoms with E-state index in [4.69, 9.17) is 5.11 Å². The van der Waals surface area contributed by atoms with Crippen molar-refractivity contribution >= 4 is 16.3 Å². The molecule has 0 radical (unpaired) electrons. The first-order chi connectivity index (χ1) is 11.2. The highest BCUT2D eigenvalue weighted by molar-refractivity contribution is 7.17. The predicted molar refractivity (Wildman–Crippen MR) is 94.9 cm³/mol. The number of rotatable bonds is 7. The van der Waals surface area contributed by atoms with Gasteiger partial charge in [-0.05, 0) is 32.3 Å². The van der Waals surface area contributed by atoms with Crippen molar-refractivity contribution in [1.29, 1.82) is 0 Å². The molecule has 0 aliphatic rings. The number of benzene rings is 1. The van der Waals surface area contributed by atoms with Crippen LogP contribution in [0.4, 0.5) is 0 Å². The average Bonchev–Trinajstić information content (AvgIpc) is 3.04. The minimum Gasteiger partial charge on any atom is -0.396 e. The lowest BCUT2D eigenvalue weighted by Crippen LogP contribution is -2.22. The lowest BCUT2D eigenvalue weighted by Gasteiger charge is -2.19. The van der Waals surface area contributed by atoms with Crippen LogP contribution in [-0.2, 0) is 6.54 Å². The monoisotopic (exact) mass is 329 g/mol. The summed E-state index contributed by atoms with van der Waals surface area (Å²) in [6.07, 6.45) is 3.87. The third-order valence-corrected chi connectivity index (χ3v) is 5.01. The minimum atomic E-state index is 0.227. The van der Waals surface area contributed by atoms with Gasteiger partial charge in [-0.1, -0.05) is 30.3 Å². The van der Waals surface area contributed by atoms with E-state index in [2.05, 4.69) is 59.0 Å². The molecule has 0 aliphatic heterocycles. The van der Waals surface area contributed by atoms with Crippen LogP contribution in [0.15, 0.2) is 36.5 Å². The molecule has 1 aromatic carbocycles. The molecular formula is C18H23N3OS. The van der Waals surface area contributed by atoms with Gasteiger partial charge in [0.2, 0.25) is 0 Å². The SMILES string of the molecule is Cc1cn2c(CNC(CCCO)c3ccccc3)c(C)nc2s1. The molecule has 23 heavy (non-hydrogen) atoms. The molecule has 0 saturated carbocycles. The van der Waals surface area contributed by atoms with Crippen molar-refractivity contribution in [3.8, 4) is 0 Å². The Labute approximate surface area is 140 Å². The Morgan fingerprint density at radius 1 is 1.26 bits per heavy atom. The molecule has 2 N–H and O–H groups in total. The van der Waals surface area contributed by atoms with Crippen molar-refractivity contribution in [1.82, 2.24) is 14.7 Å². The maximum Gasteiger partial charge on any atom is 0.194 e. The summed E-state index contributed by atoms with van der Waals surface area (Å²) in [5.41, 5.74) is 3.56. The van der Waals surface area contributed by atoms with Crippen LogP contribution in [0.1, 0.15) is 40.7 Å². The number of imidazole rings is 1. The maximum absolute atomic E-state index is 9.16. The Bertz CT molecular complexity index is 763. The molecule has 0 fully saturated rings. The van der Waals surface area contributed by atoms with E-state index in [9.17, 15) is 0 Å². The molecule has 0 saturated heterocycles. The summed E-state index contributed by atoms with van der Waals surface area (Å²) in [7, 11) is 0. The van der Waals surface area contributed by atoms with E-state index in [-0.39, 0.29) is 12.6 Å². The summed E-state index contributed by atoms with van der Waals surface area (Å²) in [5.74, 6) is 0. The Morgan fingerprint density at radius 2 is 2.04 bits per heavy atom. The standard InChI is InChI=1S/C18H23N3OS/c1-13-12-21-17(14(2)20-18(21)23-13)11-19-16(9-6-10-22)15-7-4-3-5-8-15/h3-5,7-8,12,16,19,22H,6,9-11H2,1-2H3. The van der Waals surface area contributed by atoms with Crippen molar-refractivity contribution in [2.45, 2.75) is 39.3 Å². The largest absolute Gasteiger partial charge is 0.396 e. The van der Waals surface area contributed by atoms with Crippen LogP contribution in [0.25, 0.3) is 4.96 Å². The molecule has 0 aliphatic carbocycles. The van der Waals surface area contributed by atoms with Gasteiger partial charge in [-0.25, -0.2) is 4.98 Å². The van der Waals surface area contributed by atoms with Gasteiger partial charge in [0.15, 0.2) is 4.96 Å². The Kier molecular flexibility index (Phi) is 5.10. The van der Waals surface area contributed by atoms with Crippen LogP contribution in [0.2, 0.25) is 0 Å².